The first-order valence-corrected chi connectivity index (χ1v) is 19.6. The molecule has 0 radical (unpaired) electrons. The predicted octanol–water partition coefficient (Wildman–Crippen LogP) is 7.06. The Bertz CT molecular complexity index is 1740. The number of carboxylic acids is 1. The second-order valence-electron chi connectivity index (χ2n) is 16.5. The SMILES string of the molecule is CC1C(CN2C(C(=O)NC(C)(C)C)CCC3CCCCC32)OC(c2ccc(-c3cccc(CNC(=O)CCC(=O)O)c3)cc2)OC1c1ccc(CO)cc1. The number of aliphatic hydroxyl groups is 1. The molecule has 290 valence electrons. The minimum absolute atomic E-state index is 0.0110. The lowest BCUT2D eigenvalue weighted by Crippen LogP contribution is -2.61. The summed E-state index contributed by atoms with van der Waals surface area (Å²) in [6.07, 6.45) is 5.28. The van der Waals surface area contributed by atoms with E-state index in [0.29, 0.717) is 25.0 Å². The predicted molar refractivity (Wildman–Crippen MR) is 207 cm³/mol. The molecule has 2 heterocycles. The number of carbonyl (C=O) groups is 3. The third-order valence-electron chi connectivity index (χ3n) is 11.3. The van der Waals surface area contributed by atoms with E-state index in [-0.39, 0.29) is 61.0 Å². The molecule has 6 rings (SSSR count). The van der Waals surface area contributed by atoms with Crippen molar-refractivity contribution in [2.75, 3.05) is 6.54 Å². The lowest BCUT2D eigenvalue weighted by atomic mass is 9.75. The van der Waals surface area contributed by atoms with Gasteiger partial charge < -0.3 is 30.3 Å². The Hall–Kier alpha value is -4.09. The number of piperidine rings is 1. The lowest BCUT2D eigenvalue weighted by molar-refractivity contribution is -0.278. The van der Waals surface area contributed by atoms with E-state index in [1.807, 2.05) is 81.4 Å². The lowest BCUT2D eigenvalue weighted by Gasteiger charge is -2.51. The van der Waals surface area contributed by atoms with Crippen LogP contribution in [0.25, 0.3) is 11.1 Å². The second kappa shape index (κ2) is 17.6. The summed E-state index contributed by atoms with van der Waals surface area (Å²) in [6, 6.07) is 24.2. The third-order valence-corrected chi connectivity index (χ3v) is 11.3. The molecule has 10 heteroatoms. The van der Waals surface area contributed by atoms with Crippen molar-refractivity contribution in [1.29, 1.82) is 0 Å². The van der Waals surface area contributed by atoms with Crippen molar-refractivity contribution in [3.05, 3.63) is 95.1 Å². The monoisotopic (exact) mass is 739 g/mol. The number of benzene rings is 3. The quantitative estimate of drug-likeness (QED) is 0.155. The van der Waals surface area contributed by atoms with Gasteiger partial charge in [-0.15, -0.1) is 0 Å². The highest BCUT2D eigenvalue weighted by atomic mass is 16.7. The molecular weight excluding hydrogens is 682 g/mol. The number of rotatable bonds is 12. The Morgan fingerprint density at radius 2 is 1.56 bits per heavy atom. The minimum Gasteiger partial charge on any atom is -0.481 e. The Labute approximate surface area is 319 Å². The maximum atomic E-state index is 13.9. The highest BCUT2D eigenvalue weighted by molar-refractivity contribution is 5.82. The van der Waals surface area contributed by atoms with Gasteiger partial charge in [-0.3, -0.25) is 19.3 Å². The van der Waals surface area contributed by atoms with Crippen LogP contribution in [0.15, 0.2) is 72.8 Å². The number of ether oxygens (including phenoxy) is 2. The van der Waals surface area contributed by atoms with Crippen LogP contribution in [0.2, 0.25) is 0 Å². The van der Waals surface area contributed by atoms with Crippen molar-refractivity contribution in [2.45, 2.75) is 128 Å². The van der Waals surface area contributed by atoms with Gasteiger partial charge in [-0.2, -0.15) is 0 Å². The summed E-state index contributed by atoms with van der Waals surface area (Å²) in [5.41, 5.74) is 5.35. The van der Waals surface area contributed by atoms with Gasteiger partial charge in [0.25, 0.3) is 0 Å². The molecule has 0 spiro atoms. The molecule has 0 aromatic heterocycles. The van der Waals surface area contributed by atoms with Gasteiger partial charge in [0.2, 0.25) is 11.8 Å². The van der Waals surface area contributed by atoms with Crippen LogP contribution in [0.3, 0.4) is 0 Å². The fraction of sp³-hybridized carbons (Fsp3) is 0.523. The summed E-state index contributed by atoms with van der Waals surface area (Å²) in [5, 5.41) is 24.7. The van der Waals surface area contributed by atoms with E-state index in [0.717, 1.165) is 52.6 Å². The van der Waals surface area contributed by atoms with Crippen LogP contribution in [0.5, 0.6) is 0 Å². The smallest absolute Gasteiger partial charge is 0.303 e. The molecule has 3 aromatic carbocycles. The summed E-state index contributed by atoms with van der Waals surface area (Å²) >= 11 is 0. The molecule has 4 N–H and O–H groups in total. The van der Waals surface area contributed by atoms with E-state index in [1.165, 1.54) is 19.3 Å². The minimum atomic E-state index is -0.995. The number of aliphatic carboxylic acids is 1. The Morgan fingerprint density at radius 1 is 0.833 bits per heavy atom. The fourth-order valence-electron chi connectivity index (χ4n) is 8.47. The summed E-state index contributed by atoms with van der Waals surface area (Å²) in [4.78, 5) is 39.3. The van der Waals surface area contributed by atoms with Crippen molar-refractivity contribution in [2.24, 2.45) is 11.8 Å². The first kappa shape index (κ1) is 39.6. The molecule has 1 aliphatic carbocycles. The zero-order valence-corrected chi connectivity index (χ0v) is 32.1. The maximum absolute atomic E-state index is 13.9. The van der Waals surface area contributed by atoms with Gasteiger partial charge in [0.15, 0.2) is 6.29 Å². The molecule has 54 heavy (non-hydrogen) atoms. The van der Waals surface area contributed by atoms with Gasteiger partial charge in [0, 0.05) is 42.6 Å². The van der Waals surface area contributed by atoms with Crippen molar-refractivity contribution in [1.82, 2.24) is 15.5 Å². The summed E-state index contributed by atoms with van der Waals surface area (Å²) in [5.74, 6) is -0.616. The number of hydrogen-bond donors (Lipinski definition) is 4. The number of carbonyl (C=O) groups excluding carboxylic acids is 2. The van der Waals surface area contributed by atoms with Crippen LogP contribution in [-0.4, -0.2) is 63.2 Å². The fourth-order valence-corrected chi connectivity index (χ4v) is 8.47. The zero-order valence-electron chi connectivity index (χ0n) is 32.1. The van der Waals surface area contributed by atoms with Crippen LogP contribution >= 0.6 is 0 Å². The molecule has 1 saturated carbocycles. The standard InChI is InChI=1S/C44H57N3O7/c1-28-38(26-47-36-11-6-5-9-32(36)20-21-37(47)42(52)46-44(2,3)4)53-43(54-41(28)33-14-12-29(27-48)13-15-33)34-18-16-31(17-19-34)35-10-7-8-30(24-35)25-45-39(49)22-23-40(50)51/h7-8,10,12-19,24,28,32,36-38,41,43,48H,5-6,9,11,20-23,25-27H2,1-4H3,(H,45,49)(H,46,52)(H,50,51). The molecule has 3 aromatic rings. The summed E-state index contributed by atoms with van der Waals surface area (Å²) in [6.45, 7) is 9.22. The number of hydrogen-bond acceptors (Lipinski definition) is 7. The van der Waals surface area contributed by atoms with Gasteiger partial charge in [-0.25, -0.2) is 0 Å². The topological polar surface area (TPSA) is 137 Å². The number of fused-ring (bicyclic) bond motifs is 1. The van der Waals surface area contributed by atoms with E-state index in [9.17, 15) is 19.5 Å². The van der Waals surface area contributed by atoms with Gasteiger partial charge in [0.05, 0.1) is 31.3 Å². The van der Waals surface area contributed by atoms with Gasteiger partial charge in [0.1, 0.15) is 0 Å². The van der Waals surface area contributed by atoms with Crippen LogP contribution in [0.4, 0.5) is 0 Å². The highest BCUT2D eigenvalue weighted by Crippen LogP contribution is 2.44. The third kappa shape index (κ3) is 9.96. The number of nitrogens with zero attached hydrogens (tertiary/aromatic N) is 1. The molecular formula is C44H57N3O7. The van der Waals surface area contributed by atoms with E-state index < -0.39 is 12.3 Å². The number of carboxylic acid groups (broad SMARTS) is 1. The Balaban J connectivity index is 1.24. The maximum Gasteiger partial charge on any atom is 0.303 e. The Morgan fingerprint density at radius 3 is 2.26 bits per heavy atom. The van der Waals surface area contributed by atoms with Crippen LogP contribution in [-0.2, 0) is 37.0 Å². The molecule has 0 bridgehead atoms. The highest BCUT2D eigenvalue weighted by Gasteiger charge is 2.46. The van der Waals surface area contributed by atoms with E-state index >= 15 is 0 Å². The van der Waals surface area contributed by atoms with E-state index in [2.05, 4.69) is 34.6 Å². The van der Waals surface area contributed by atoms with Crippen LogP contribution in [0, 0.1) is 11.8 Å². The average Bonchev–Trinajstić information content (AvgIpc) is 3.16. The molecule has 10 nitrogen and oxygen atoms in total. The molecule has 2 saturated heterocycles. The van der Waals surface area contributed by atoms with Gasteiger partial charge in [-0.1, -0.05) is 86.5 Å². The number of aliphatic hydroxyl groups excluding tert-OH is 1. The van der Waals surface area contributed by atoms with Crippen LogP contribution in [0.1, 0.15) is 114 Å². The second-order valence-corrected chi connectivity index (χ2v) is 16.5. The number of amides is 2. The van der Waals surface area contributed by atoms with Gasteiger partial charge >= 0.3 is 5.97 Å². The Kier molecular flexibility index (Phi) is 12.9. The van der Waals surface area contributed by atoms with E-state index in [4.69, 9.17) is 14.6 Å². The molecule has 2 aliphatic heterocycles. The molecule has 2 amide bonds. The van der Waals surface area contributed by atoms with E-state index in [1.54, 1.807) is 0 Å². The van der Waals surface area contributed by atoms with Crippen molar-refractivity contribution < 1.29 is 34.1 Å². The van der Waals surface area contributed by atoms with Crippen molar-refractivity contribution in [3.63, 3.8) is 0 Å². The van der Waals surface area contributed by atoms with Crippen LogP contribution < -0.4 is 10.6 Å². The molecule has 7 unspecified atom stereocenters. The normalized spacial score (nSPS) is 26.1. The summed E-state index contributed by atoms with van der Waals surface area (Å²) < 4.78 is 13.7. The largest absolute Gasteiger partial charge is 0.481 e. The molecule has 7 atom stereocenters. The summed E-state index contributed by atoms with van der Waals surface area (Å²) in [7, 11) is 0. The van der Waals surface area contributed by atoms with Gasteiger partial charge in [-0.05, 0) is 86.3 Å². The molecule has 3 fully saturated rings. The average molecular weight is 740 g/mol. The first-order valence-electron chi connectivity index (χ1n) is 19.6. The molecule has 3 aliphatic rings. The van der Waals surface area contributed by atoms with Crippen molar-refractivity contribution >= 4 is 17.8 Å². The number of likely N-dealkylation sites (tertiary alicyclic amines) is 1. The zero-order chi connectivity index (χ0) is 38.4. The van der Waals surface area contributed by atoms with Crippen molar-refractivity contribution in [3.8, 4) is 11.1 Å². The first-order chi connectivity index (χ1) is 25.9. The number of nitrogens with one attached hydrogen (secondary N) is 2.